The molecule has 1 heterocycles. The Labute approximate surface area is 201 Å². The molecule has 5 nitrogen and oxygen atoms in total. The van der Waals surface area contributed by atoms with Crippen molar-refractivity contribution < 1.29 is 27.8 Å². The molecule has 0 bridgehead atoms. The largest absolute Gasteiger partial charge is 0.457 e. The standard InChI is InChI=1S/C25H19F3N2O3.C2H6/c26-25(27,28)18-8-10-19(11-9-18)33-23-6-3-4-16-14-17(7-12-20(16)23)24(32)30-22(15-31)21-5-1-2-13-29-21;1-2/h1-14,22,31H,15H2,(H,30,32);1-2H3. The van der Waals surface area contributed by atoms with Crippen molar-refractivity contribution in [1.82, 2.24) is 10.3 Å². The highest BCUT2D eigenvalue weighted by molar-refractivity contribution is 6.00. The summed E-state index contributed by atoms with van der Waals surface area (Å²) in [5, 5.41) is 13.8. The number of alkyl halides is 3. The summed E-state index contributed by atoms with van der Waals surface area (Å²) < 4.78 is 44.1. The molecule has 0 aliphatic carbocycles. The Hall–Kier alpha value is -3.91. The van der Waals surface area contributed by atoms with Crippen LogP contribution in [0.5, 0.6) is 11.5 Å². The minimum Gasteiger partial charge on any atom is -0.457 e. The van der Waals surface area contributed by atoms with Crippen LogP contribution in [0.4, 0.5) is 13.2 Å². The van der Waals surface area contributed by atoms with Gasteiger partial charge in [-0.15, -0.1) is 0 Å². The van der Waals surface area contributed by atoms with E-state index < -0.39 is 17.8 Å². The van der Waals surface area contributed by atoms with Gasteiger partial charge in [0.1, 0.15) is 11.5 Å². The minimum atomic E-state index is -4.42. The van der Waals surface area contributed by atoms with Crippen LogP contribution in [-0.4, -0.2) is 22.6 Å². The van der Waals surface area contributed by atoms with E-state index in [4.69, 9.17) is 4.74 Å². The number of benzene rings is 3. The SMILES string of the molecule is CC.O=C(NC(CO)c1ccccn1)c1ccc2c(Oc3ccc(C(F)(F)F)cc3)cccc2c1. The van der Waals surface area contributed by atoms with Crippen molar-refractivity contribution in [2.75, 3.05) is 6.61 Å². The molecular formula is C27H25F3N2O3. The molecule has 1 unspecified atom stereocenters. The van der Waals surface area contributed by atoms with Gasteiger partial charge in [-0.1, -0.05) is 32.0 Å². The highest BCUT2D eigenvalue weighted by atomic mass is 19.4. The lowest BCUT2D eigenvalue weighted by molar-refractivity contribution is -0.137. The fourth-order valence-corrected chi connectivity index (χ4v) is 3.36. The maximum absolute atomic E-state index is 12.8. The maximum Gasteiger partial charge on any atom is 0.416 e. The molecule has 0 spiro atoms. The number of ether oxygens (including phenoxy) is 1. The van der Waals surface area contributed by atoms with E-state index in [9.17, 15) is 23.1 Å². The predicted molar refractivity (Wildman–Crippen MR) is 128 cm³/mol. The van der Waals surface area contributed by atoms with Crippen LogP contribution in [0.25, 0.3) is 10.8 Å². The number of aliphatic hydroxyl groups is 1. The topological polar surface area (TPSA) is 71.5 Å². The Morgan fingerprint density at radius 3 is 2.37 bits per heavy atom. The lowest BCUT2D eigenvalue weighted by Crippen LogP contribution is -2.31. The second-order valence-electron chi connectivity index (χ2n) is 7.28. The number of fused-ring (bicyclic) bond motifs is 1. The van der Waals surface area contributed by atoms with Gasteiger partial charge in [0.15, 0.2) is 0 Å². The highest BCUT2D eigenvalue weighted by Gasteiger charge is 2.30. The molecule has 0 aliphatic heterocycles. The molecular weight excluding hydrogens is 457 g/mol. The lowest BCUT2D eigenvalue weighted by atomic mass is 10.0. The van der Waals surface area contributed by atoms with E-state index in [0.29, 0.717) is 27.8 Å². The van der Waals surface area contributed by atoms with Crippen LogP contribution in [0.1, 0.15) is 41.5 Å². The van der Waals surface area contributed by atoms with Gasteiger partial charge in [0, 0.05) is 17.1 Å². The Bertz CT molecular complexity index is 1260. The third-order valence-corrected chi connectivity index (χ3v) is 5.04. The average molecular weight is 483 g/mol. The molecule has 1 aromatic heterocycles. The summed E-state index contributed by atoms with van der Waals surface area (Å²) >= 11 is 0. The molecule has 0 saturated heterocycles. The van der Waals surface area contributed by atoms with Crippen LogP contribution in [0.3, 0.4) is 0 Å². The smallest absolute Gasteiger partial charge is 0.416 e. The molecule has 0 fully saturated rings. The summed E-state index contributed by atoms with van der Waals surface area (Å²) in [7, 11) is 0. The van der Waals surface area contributed by atoms with Crippen LogP contribution >= 0.6 is 0 Å². The second-order valence-corrected chi connectivity index (χ2v) is 7.28. The monoisotopic (exact) mass is 482 g/mol. The Morgan fingerprint density at radius 1 is 1.00 bits per heavy atom. The van der Waals surface area contributed by atoms with Crippen LogP contribution in [0.15, 0.2) is 85.1 Å². The number of rotatable bonds is 6. The molecule has 182 valence electrons. The average Bonchev–Trinajstić information content (AvgIpc) is 2.88. The van der Waals surface area contributed by atoms with Gasteiger partial charge >= 0.3 is 6.18 Å². The molecule has 35 heavy (non-hydrogen) atoms. The van der Waals surface area contributed by atoms with E-state index in [0.717, 1.165) is 12.1 Å². The molecule has 0 aliphatic rings. The van der Waals surface area contributed by atoms with Crippen molar-refractivity contribution in [1.29, 1.82) is 0 Å². The number of pyridine rings is 1. The summed E-state index contributed by atoms with van der Waals surface area (Å²) in [6.07, 6.45) is -2.83. The third kappa shape index (κ3) is 6.36. The summed E-state index contributed by atoms with van der Waals surface area (Å²) in [5.74, 6) is 0.329. The molecule has 0 radical (unpaired) electrons. The number of aliphatic hydroxyl groups excluding tert-OH is 1. The van der Waals surface area contributed by atoms with Crippen molar-refractivity contribution in [3.8, 4) is 11.5 Å². The van der Waals surface area contributed by atoms with Gasteiger partial charge in [0.05, 0.1) is 23.9 Å². The number of hydrogen-bond acceptors (Lipinski definition) is 4. The van der Waals surface area contributed by atoms with Crippen molar-refractivity contribution in [2.45, 2.75) is 26.1 Å². The zero-order valence-electron chi connectivity index (χ0n) is 19.2. The van der Waals surface area contributed by atoms with Crippen LogP contribution in [0.2, 0.25) is 0 Å². The van der Waals surface area contributed by atoms with Gasteiger partial charge in [-0.2, -0.15) is 13.2 Å². The van der Waals surface area contributed by atoms with E-state index in [1.165, 1.54) is 12.1 Å². The fraction of sp³-hybridized carbons (Fsp3) is 0.185. The quantitative estimate of drug-likeness (QED) is 0.328. The van der Waals surface area contributed by atoms with E-state index >= 15 is 0 Å². The van der Waals surface area contributed by atoms with Crippen LogP contribution in [0, 0.1) is 0 Å². The van der Waals surface area contributed by atoms with Gasteiger partial charge in [-0.25, -0.2) is 0 Å². The second kappa shape index (κ2) is 11.5. The van der Waals surface area contributed by atoms with E-state index in [-0.39, 0.29) is 18.3 Å². The van der Waals surface area contributed by atoms with Crippen LogP contribution < -0.4 is 10.1 Å². The minimum absolute atomic E-state index is 0.262. The first kappa shape index (κ1) is 25.7. The van der Waals surface area contributed by atoms with Crippen molar-refractivity contribution in [3.05, 3.63) is 102 Å². The van der Waals surface area contributed by atoms with E-state index in [2.05, 4.69) is 10.3 Å². The van der Waals surface area contributed by atoms with E-state index in [1.54, 1.807) is 60.8 Å². The summed E-state index contributed by atoms with van der Waals surface area (Å²) in [4.78, 5) is 16.9. The molecule has 3 aromatic carbocycles. The summed E-state index contributed by atoms with van der Waals surface area (Å²) in [5.41, 5.74) is 0.167. The molecule has 1 atom stereocenters. The van der Waals surface area contributed by atoms with Gasteiger partial charge in [0.2, 0.25) is 0 Å². The number of aromatic nitrogens is 1. The van der Waals surface area contributed by atoms with Crippen molar-refractivity contribution >= 4 is 16.7 Å². The summed E-state index contributed by atoms with van der Waals surface area (Å²) in [6, 6.07) is 19.2. The predicted octanol–water partition coefficient (Wildman–Crippen LogP) is 6.54. The zero-order valence-corrected chi connectivity index (χ0v) is 19.2. The zero-order chi connectivity index (χ0) is 25.4. The molecule has 0 saturated carbocycles. The van der Waals surface area contributed by atoms with Gasteiger partial charge < -0.3 is 15.2 Å². The number of amides is 1. The first-order valence-corrected chi connectivity index (χ1v) is 11.1. The lowest BCUT2D eigenvalue weighted by Gasteiger charge is -2.16. The normalized spacial score (nSPS) is 11.8. The fourth-order valence-electron chi connectivity index (χ4n) is 3.36. The highest BCUT2D eigenvalue weighted by Crippen LogP contribution is 2.33. The summed E-state index contributed by atoms with van der Waals surface area (Å²) in [6.45, 7) is 3.70. The van der Waals surface area contributed by atoms with Gasteiger partial charge in [-0.3, -0.25) is 9.78 Å². The number of halogens is 3. The number of nitrogens with one attached hydrogen (secondary N) is 1. The molecule has 2 N–H and O–H groups in total. The molecule has 4 aromatic rings. The Morgan fingerprint density at radius 2 is 1.74 bits per heavy atom. The number of carbonyl (C=O) groups is 1. The van der Waals surface area contributed by atoms with E-state index in [1.807, 2.05) is 13.8 Å². The Balaban J connectivity index is 0.00000167. The van der Waals surface area contributed by atoms with Gasteiger partial charge in [0.25, 0.3) is 5.91 Å². The van der Waals surface area contributed by atoms with Crippen molar-refractivity contribution in [2.24, 2.45) is 0 Å². The number of carbonyl (C=O) groups excluding carboxylic acids is 1. The number of nitrogens with zero attached hydrogens (tertiary/aromatic N) is 1. The molecule has 8 heteroatoms. The van der Waals surface area contributed by atoms with Gasteiger partial charge in [-0.05, 0) is 66.0 Å². The van der Waals surface area contributed by atoms with Crippen LogP contribution in [-0.2, 0) is 6.18 Å². The van der Waals surface area contributed by atoms with Crippen molar-refractivity contribution in [3.63, 3.8) is 0 Å². The third-order valence-electron chi connectivity index (χ3n) is 5.04. The first-order chi connectivity index (χ1) is 16.8. The first-order valence-electron chi connectivity index (χ1n) is 11.1. The molecule has 1 amide bonds. The Kier molecular flexibility index (Phi) is 8.43. The molecule has 4 rings (SSSR count). The maximum atomic E-state index is 12.8. The number of hydrogen-bond donors (Lipinski definition) is 2.